The van der Waals surface area contributed by atoms with Crippen LogP contribution in [0.2, 0.25) is 0 Å². The molecule has 9 nitrogen and oxygen atoms in total. The number of nitrogens with one attached hydrogen (secondary N) is 1. The highest BCUT2D eigenvalue weighted by atomic mass is 16.6. The van der Waals surface area contributed by atoms with Crippen molar-refractivity contribution in [1.29, 1.82) is 0 Å². The molecule has 2 saturated heterocycles. The van der Waals surface area contributed by atoms with Gasteiger partial charge in [0.05, 0.1) is 35.7 Å². The van der Waals surface area contributed by atoms with E-state index < -0.39 is 45.9 Å². The van der Waals surface area contributed by atoms with E-state index in [4.69, 9.17) is 10.5 Å². The third kappa shape index (κ3) is 5.49. The lowest BCUT2D eigenvalue weighted by Gasteiger charge is -2.63. The topological polar surface area (TPSA) is 169 Å². The summed E-state index contributed by atoms with van der Waals surface area (Å²) in [6.45, 7) is 8.27. The van der Waals surface area contributed by atoms with Crippen LogP contribution in [-0.2, 0) is 9.53 Å². The standard InChI is InChI=1S/C40H66N2O7/c1-35(23-43,15-10-24-14-19-42-32(41)20-24)38(4,47)34-33(49-34)37(3,46)31-13-18-40(48)28-22-30(45)29-21-26(44)11-17-39(29,25-8-6-5-7-9-25)27(28)12-16-36(31,40)2/h22,24-27,29,31-34,42-44,46-48H,5-21,23,41H2,1-4H3. The van der Waals surface area contributed by atoms with Crippen molar-refractivity contribution in [2.75, 3.05) is 13.2 Å². The first-order chi connectivity index (χ1) is 23.0. The minimum atomic E-state index is -1.38. The molecule has 0 aromatic carbocycles. The van der Waals surface area contributed by atoms with Crippen LogP contribution in [-0.4, -0.2) is 85.7 Å². The molecule has 7 aliphatic rings. The zero-order valence-corrected chi connectivity index (χ0v) is 30.6. The molecule has 0 amide bonds. The van der Waals surface area contributed by atoms with E-state index in [0.29, 0.717) is 37.5 Å². The Bertz CT molecular complexity index is 1300. The predicted octanol–water partition coefficient (Wildman–Crippen LogP) is 4.11. The average Bonchev–Trinajstić information content (AvgIpc) is 3.85. The van der Waals surface area contributed by atoms with Crippen molar-refractivity contribution in [1.82, 2.24) is 5.32 Å². The fourth-order valence-electron chi connectivity index (χ4n) is 13.2. The van der Waals surface area contributed by atoms with Crippen LogP contribution in [0.5, 0.6) is 0 Å². The van der Waals surface area contributed by atoms with Gasteiger partial charge in [0.25, 0.3) is 0 Å². The van der Waals surface area contributed by atoms with Gasteiger partial charge >= 0.3 is 0 Å². The Kier molecular flexibility index (Phi) is 9.37. The average molecular weight is 687 g/mol. The van der Waals surface area contributed by atoms with Gasteiger partial charge in [0.15, 0.2) is 5.78 Å². The number of allylic oxidation sites excluding steroid dienone is 1. The zero-order valence-electron chi connectivity index (χ0n) is 30.6. The number of aliphatic hydroxyl groups is 5. The van der Waals surface area contributed by atoms with E-state index >= 15 is 0 Å². The molecule has 6 fully saturated rings. The number of piperidine rings is 1. The van der Waals surface area contributed by atoms with E-state index in [1.165, 1.54) is 19.3 Å². The first-order valence-corrected chi connectivity index (χ1v) is 19.9. The maximum absolute atomic E-state index is 14.1. The second kappa shape index (κ2) is 12.6. The lowest BCUT2D eigenvalue weighted by molar-refractivity contribution is -0.165. The number of nitrogens with two attached hydrogens (primary N) is 1. The number of hydrogen-bond donors (Lipinski definition) is 7. The predicted molar refractivity (Wildman–Crippen MR) is 187 cm³/mol. The molecule has 49 heavy (non-hydrogen) atoms. The summed E-state index contributed by atoms with van der Waals surface area (Å²) in [5, 5.41) is 62.2. The van der Waals surface area contributed by atoms with E-state index in [-0.39, 0.29) is 41.7 Å². The molecule has 4 saturated carbocycles. The second-order valence-corrected chi connectivity index (χ2v) is 18.9. The van der Waals surface area contributed by atoms with Crippen LogP contribution in [0, 0.1) is 45.8 Å². The Morgan fingerprint density at radius 1 is 0.959 bits per heavy atom. The van der Waals surface area contributed by atoms with Crippen molar-refractivity contribution in [3.05, 3.63) is 11.6 Å². The van der Waals surface area contributed by atoms with Gasteiger partial charge in [0.2, 0.25) is 0 Å². The second-order valence-electron chi connectivity index (χ2n) is 18.9. The molecule has 0 aromatic heterocycles. The fraction of sp³-hybridized carbons (Fsp3) is 0.925. The highest BCUT2D eigenvalue weighted by Crippen LogP contribution is 2.71. The molecule has 5 aliphatic carbocycles. The summed E-state index contributed by atoms with van der Waals surface area (Å²) in [4.78, 5) is 14.1. The molecule has 7 rings (SSSR count). The summed E-state index contributed by atoms with van der Waals surface area (Å²) >= 11 is 0. The number of rotatable bonds is 9. The number of epoxide rings is 1. The Labute approximate surface area is 293 Å². The van der Waals surface area contributed by atoms with Gasteiger partial charge in [-0.3, -0.25) is 4.79 Å². The molecule has 0 aromatic rings. The van der Waals surface area contributed by atoms with Crippen molar-refractivity contribution in [3.8, 4) is 0 Å². The van der Waals surface area contributed by atoms with Crippen LogP contribution in [0.15, 0.2) is 11.6 Å². The molecule has 0 spiro atoms. The first-order valence-electron chi connectivity index (χ1n) is 19.9. The van der Waals surface area contributed by atoms with Gasteiger partial charge in [-0.05, 0) is 145 Å². The van der Waals surface area contributed by atoms with Crippen molar-refractivity contribution >= 4 is 5.78 Å². The molecule has 2 heterocycles. The quantitative estimate of drug-likeness (QED) is 0.177. The lowest BCUT2D eigenvalue weighted by Crippen LogP contribution is -2.63. The number of fused-ring (bicyclic) bond motifs is 5. The van der Waals surface area contributed by atoms with Crippen LogP contribution in [0.1, 0.15) is 130 Å². The molecule has 2 aliphatic heterocycles. The SMILES string of the molecule is CC(O)(C1OC1C(C)(O)C(C)(CO)CCC1CCNC(N)C1)C1CCC2(O)C3=CC(=O)C4CC(O)CCC4(C4CCCCC4)C3CCC12C. The van der Waals surface area contributed by atoms with Gasteiger partial charge in [0, 0.05) is 16.7 Å². The lowest BCUT2D eigenvalue weighted by atomic mass is 9.42. The number of hydrogen-bond acceptors (Lipinski definition) is 9. The minimum Gasteiger partial charge on any atom is -0.396 e. The Balaban J connectivity index is 1.13. The van der Waals surface area contributed by atoms with E-state index in [9.17, 15) is 30.3 Å². The molecule has 0 bridgehead atoms. The van der Waals surface area contributed by atoms with Crippen molar-refractivity contribution in [2.45, 2.75) is 172 Å². The number of ether oxygens (including phenoxy) is 1. The Morgan fingerprint density at radius 2 is 1.69 bits per heavy atom. The van der Waals surface area contributed by atoms with Crippen molar-refractivity contribution in [3.63, 3.8) is 0 Å². The maximum Gasteiger partial charge on any atom is 0.159 e. The number of ketones is 1. The summed E-state index contributed by atoms with van der Waals surface area (Å²) in [5.74, 6) is 0.561. The highest BCUT2D eigenvalue weighted by molar-refractivity contribution is 5.95. The highest BCUT2D eigenvalue weighted by Gasteiger charge is 2.73. The molecule has 9 heteroatoms. The number of carbonyl (C=O) groups is 1. The van der Waals surface area contributed by atoms with Crippen LogP contribution in [0.25, 0.3) is 0 Å². The fourth-order valence-corrected chi connectivity index (χ4v) is 13.2. The van der Waals surface area contributed by atoms with E-state index in [1.807, 2.05) is 13.8 Å². The summed E-state index contributed by atoms with van der Waals surface area (Å²) in [6.07, 6.45) is 14.0. The molecule has 278 valence electrons. The van der Waals surface area contributed by atoms with Gasteiger partial charge in [-0.25, -0.2) is 0 Å². The van der Waals surface area contributed by atoms with E-state index in [0.717, 1.165) is 69.9 Å². The van der Waals surface area contributed by atoms with Gasteiger partial charge in [-0.15, -0.1) is 0 Å². The van der Waals surface area contributed by atoms with Crippen LogP contribution >= 0.6 is 0 Å². The van der Waals surface area contributed by atoms with Crippen LogP contribution in [0.3, 0.4) is 0 Å². The molecule has 14 atom stereocenters. The van der Waals surface area contributed by atoms with Gasteiger partial charge < -0.3 is 41.3 Å². The summed E-state index contributed by atoms with van der Waals surface area (Å²) in [5.41, 5.74) is 1.38. The molecular formula is C40H66N2O7. The third-order valence-corrected chi connectivity index (χ3v) is 16.6. The van der Waals surface area contributed by atoms with Gasteiger partial charge in [-0.2, -0.15) is 0 Å². The largest absolute Gasteiger partial charge is 0.396 e. The van der Waals surface area contributed by atoms with Crippen molar-refractivity contribution in [2.24, 2.45) is 51.6 Å². The summed E-state index contributed by atoms with van der Waals surface area (Å²) < 4.78 is 6.26. The first kappa shape index (κ1) is 36.4. The third-order valence-electron chi connectivity index (χ3n) is 16.6. The minimum absolute atomic E-state index is 0.0235. The normalized spacial score (nSPS) is 47.9. The zero-order chi connectivity index (χ0) is 35.2. The Morgan fingerprint density at radius 3 is 2.39 bits per heavy atom. The summed E-state index contributed by atoms with van der Waals surface area (Å²) in [6, 6.07) is 0. The van der Waals surface area contributed by atoms with E-state index in [2.05, 4.69) is 12.2 Å². The van der Waals surface area contributed by atoms with Crippen LogP contribution in [0.4, 0.5) is 0 Å². The Hall–Kier alpha value is -0.910. The molecular weight excluding hydrogens is 620 g/mol. The molecule has 0 radical (unpaired) electrons. The number of aliphatic hydroxyl groups excluding tert-OH is 2. The van der Waals surface area contributed by atoms with Gasteiger partial charge in [-0.1, -0.05) is 33.1 Å². The number of carbonyl (C=O) groups excluding carboxylic acids is 1. The smallest absolute Gasteiger partial charge is 0.159 e. The maximum atomic E-state index is 14.1. The summed E-state index contributed by atoms with van der Waals surface area (Å²) in [7, 11) is 0. The van der Waals surface area contributed by atoms with Gasteiger partial charge in [0.1, 0.15) is 12.2 Å². The van der Waals surface area contributed by atoms with Crippen LogP contribution < -0.4 is 11.1 Å². The van der Waals surface area contributed by atoms with E-state index in [1.54, 1.807) is 13.0 Å². The van der Waals surface area contributed by atoms with Crippen molar-refractivity contribution < 1.29 is 35.1 Å². The molecule has 14 unspecified atom stereocenters. The molecule has 8 N–H and O–H groups in total. The monoisotopic (exact) mass is 686 g/mol.